The van der Waals surface area contributed by atoms with Crippen LogP contribution in [0.4, 0.5) is 0 Å². The van der Waals surface area contributed by atoms with Gasteiger partial charge >= 0.3 is 0 Å². The topological polar surface area (TPSA) is 17.1 Å². The quantitative estimate of drug-likeness (QED) is 0.728. The van der Waals surface area contributed by atoms with Crippen molar-refractivity contribution >= 4 is 16.9 Å². The third-order valence-corrected chi connectivity index (χ3v) is 3.42. The molecule has 1 aliphatic rings. The Balaban J connectivity index is 2.20. The first kappa shape index (κ1) is 11.7. The van der Waals surface area contributed by atoms with Crippen molar-refractivity contribution in [2.45, 2.75) is 6.42 Å². The fraction of sp³-hybridized carbons (Fsp3) is 0.0556. The minimum absolute atomic E-state index is 0.0741. The molecule has 0 amide bonds. The van der Waals surface area contributed by atoms with E-state index in [4.69, 9.17) is 0 Å². The molecule has 1 heteroatoms. The molecule has 19 heavy (non-hydrogen) atoms. The van der Waals surface area contributed by atoms with Gasteiger partial charge in [-0.2, -0.15) is 0 Å². The smallest absolute Gasteiger partial charge is 0.189 e. The lowest BCUT2D eigenvalue weighted by atomic mass is 9.97. The summed E-state index contributed by atoms with van der Waals surface area (Å²) < 4.78 is 0. The van der Waals surface area contributed by atoms with Crippen molar-refractivity contribution < 1.29 is 4.79 Å². The van der Waals surface area contributed by atoms with Gasteiger partial charge in [-0.05, 0) is 22.3 Å². The molecule has 3 rings (SSSR count). The van der Waals surface area contributed by atoms with Crippen molar-refractivity contribution in [3.8, 4) is 0 Å². The highest BCUT2D eigenvalue weighted by Crippen LogP contribution is 2.39. The number of carbonyl (C=O) groups excluding carboxylic acids is 1. The molecule has 0 atom stereocenters. The van der Waals surface area contributed by atoms with Gasteiger partial charge in [0.2, 0.25) is 0 Å². The van der Waals surface area contributed by atoms with Crippen LogP contribution in [0.5, 0.6) is 0 Å². The maximum atomic E-state index is 12.3. The van der Waals surface area contributed by atoms with E-state index >= 15 is 0 Å². The summed E-state index contributed by atoms with van der Waals surface area (Å²) in [5.74, 6) is 0.0741. The van der Waals surface area contributed by atoms with Gasteiger partial charge in [0.15, 0.2) is 5.78 Å². The monoisotopic (exact) mass is 246 g/mol. The molecule has 92 valence electrons. The van der Waals surface area contributed by atoms with Crippen LogP contribution in [0.2, 0.25) is 0 Å². The van der Waals surface area contributed by atoms with Crippen LogP contribution in [0.15, 0.2) is 72.8 Å². The van der Waals surface area contributed by atoms with Gasteiger partial charge < -0.3 is 0 Å². The normalized spacial score (nSPS) is 15.2. The minimum Gasteiger partial charge on any atom is -0.289 e. The zero-order chi connectivity index (χ0) is 13.2. The average Bonchev–Trinajstić information content (AvgIpc) is 2.77. The number of hydrogen-bond donors (Lipinski definition) is 0. The van der Waals surface area contributed by atoms with Crippen LogP contribution in [0.1, 0.15) is 17.5 Å². The van der Waals surface area contributed by atoms with Crippen molar-refractivity contribution in [3.63, 3.8) is 0 Å². The summed E-state index contributed by atoms with van der Waals surface area (Å²) in [4.78, 5) is 12.3. The van der Waals surface area contributed by atoms with Crippen LogP contribution < -0.4 is 0 Å². The van der Waals surface area contributed by atoms with Gasteiger partial charge in [0, 0.05) is 12.0 Å². The Labute approximate surface area is 112 Å². The van der Waals surface area contributed by atoms with E-state index in [0.29, 0.717) is 12.0 Å². The Hall–Kier alpha value is -2.41. The van der Waals surface area contributed by atoms with E-state index in [0.717, 1.165) is 22.3 Å². The number of hydrogen-bond acceptors (Lipinski definition) is 1. The van der Waals surface area contributed by atoms with Crippen LogP contribution >= 0.6 is 0 Å². The molecule has 0 heterocycles. The number of allylic oxidation sites excluding steroid dienone is 3. The Morgan fingerprint density at radius 2 is 1.32 bits per heavy atom. The highest BCUT2D eigenvalue weighted by atomic mass is 16.1. The summed E-state index contributed by atoms with van der Waals surface area (Å²) in [6, 6.07) is 19.9. The Kier molecular flexibility index (Phi) is 2.88. The predicted octanol–water partition coefficient (Wildman–Crippen LogP) is 4.13. The van der Waals surface area contributed by atoms with Gasteiger partial charge in [-0.1, -0.05) is 67.2 Å². The highest BCUT2D eigenvalue weighted by Gasteiger charge is 2.28. The molecule has 2 aromatic carbocycles. The van der Waals surface area contributed by atoms with Crippen LogP contribution in [-0.4, -0.2) is 5.78 Å². The summed E-state index contributed by atoms with van der Waals surface area (Å²) in [5.41, 5.74) is 4.65. The molecule has 0 spiro atoms. The van der Waals surface area contributed by atoms with Crippen LogP contribution in [0.3, 0.4) is 0 Å². The molecule has 0 saturated heterocycles. The first-order valence-electron chi connectivity index (χ1n) is 6.34. The summed E-state index contributed by atoms with van der Waals surface area (Å²) in [6.07, 6.45) is 0.646. The van der Waals surface area contributed by atoms with Gasteiger partial charge in [-0.25, -0.2) is 0 Å². The molecule has 0 fully saturated rings. The zero-order valence-electron chi connectivity index (χ0n) is 10.6. The summed E-state index contributed by atoms with van der Waals surface area (Å²) in [5, 5.41) is 0. The number of Topliss-reactive ketones (excluding diaryl/α,β-unsaturated/α-hetero) is 1. The van der Waals surface area contributed by atoms with Gasteiger partial charge in [0.25, 0.3) is 0 Å². The minimum atomic E-state index is 0.0741. The standard InChI is InChI=1S/C18H14O/c1-13-12-16(14-8-4-2-5-9-14)17(18(13)19)15-10-6-3-7-11-15/h2-11H,1,12H2. The first-order valence-corrected chi connectivity index (χ1v) is 6.34. The molecule has 0 saturated carbocycles. The molecule has 0 N–H and O–H groups in total. The highest BCUT2D eigenvalue weighted by molar-refractivity contribution is 6.38. The van der Waals surface area contributed by atoms with E-state index in [2.05, 4.69) is 6.58 Å². The number of benzene rings is 2. The molecule has 0 radical (unpaired) electrons. The zero-order valence-corrected chi connectivity index (χ0v) is 10.6. The molecule has 0 aromatic heterocycles. The molecule has 1 nitrogen and oxygen atoms in total. The van der Waals surface area contributed by atoms with E-state index < -0.39 is 0 Å². The first-order chi connectivity index (χ1) is 9.27. The van der Waals surface area contributed by atoms with Gasteiger partial charge in [-0.3, -0.25) is 4.79 Å². The third kappa shape index (κ3) is 2.04. The molecular weight excluding hydrogens is 232 g/mol. The third-order valence-electron chi connectivity index (χ3n) is 3.42. The van der Waals surface area contributed by atoms with Crippen molar-refractivity contribution in [3.05, 3.63) is 83.9 Å². The maximum Gasteiger partial charge on any atom is 0.189 e. The SMILES string of the molecule is C=C1CC(c2ccccc2)=C(c2ccccc2)C1=O. The lowest BCUT2D eigenvalue weighted by Gasteiger charge is -2.06. The average molecular weight is 246 g/mol. The van der Waals surface area contributed by atoms with E-state index in [1.54, 1.807) is 0 Å². The lowest BCUT2D eigenvalue weighted by Crippen LogP contribution is -1.97. The van der Waals surface area contributed by atoms with Crippen molar-refractivity contribution in [2.75, 3.05) is 0 Å². The van der Waals surface area contributed by atoms with E-state index in [1.807, 2.05) is 60.7 Å². The summed E-state index contributed by atoms with van der Waals surface area (Å²) >= 11 is 0. The predicted molar refractivity (Wildman–Crippen MR) is 78.5 cm³/mol. The van der Waals surface area contributed by atoms with Crippen molar-refractivity contribution in [1.29, 1.82) is 0 Å². The maximum absolute atomic E-state index is 12.3. The van der Waals surface area contributed by atoms with Crippen molar-refractivity contribution in [1.82, 2.24) is 0 Å². The van der Waals surface area contributed by atoms with Crippen LogP contribution in [0, 0.1) is 0 Å². The van der Waals surface area contributed by atoms with Crippen LogP contribution in [-0.2, 0) is 4.79 Å². The largest absolute Gasteiger partial charge is 0.289 e. The molecule has 1 aliphatic carbocycles. The van der Waals surface area contributed by atoms with Crippen molar-refractivity contribution in [2.24, 2.45) is 0 Å². The molecule has 0 aliphatic heterocycles. The van der Waals surface area contributed by atoms with Crippen LogP contribution in [0.25, 0.3) is 11.1 Å². The molecule has 2 aromatic rings. The Bertz CT molecular complexity index is 663. The van der Waals surface area contributed by atoms with Gasteiger partial charge in [-0.15, -0.1) is 0 Å². The second kappa shape index (κ2) is 4.69. The number of carbonyl (C=O) groups is 1. The number of rotatable bonds is 2. The fourth-order valence-corrected chi connectivity index (χ4v) is 2.49. The van der Waals surface area contributed by atoms with E-state index in [-0.39, 0.29) is 5.78 Å². The number of ketones is 1. The summed E-state index contributed by atoms with van der Waals surface area (Å²) in [6.45, 7) is 3.90. The molecule has 0 bridgehead atoms. The Morgan fingerprint density at radius 3 is 1.89 bits per heavy atom. The second-order valence-corrected chi connectivity index (χ2v) is 4.70. The molecular formula is C18H14O. The summed E-state index contributed by atoms with van der Waals surface area (Å²) in [7, 11) is 0. The van der Waals surface area contributed by atoms with E-state index in [9.17, 15) is 4.79 Å². The van der Waals surface area contributed by atoms with Gasteiger partial charge in [0.1, 0.15) is 0 Å². The van der Waals surface area contributed by atoms with Gasteiger partial charge in [0.05, 0.1) is 0 Å². The Morgan fingerprint density at radius 1 is 0.789 bits per heavy atom. The fourth-order valence-electron chi connectivity index (χ4n) is 2.49. The molecule has 0 unspecified atom stereocenters. The lowest BCUT2D eigenvalue weighted by molar-refractivity contribution is -0.110. The second-order valence-electron chi connectivity index (χ2n) is 4.70. The van der Waals surface area contributed by atoms with E-state index in [1.165, 1.54) is 0 Å².